The fourth-order valence-electron chi connectivity index (χ4n) is 1.24. The molecule has 17 heavy (non-hydrogen) atoms. The molecule has 0 saturated carbocycles. The summed E-state index contributed by atoms with van der Waals surface area (Å²) in [4.78, 5) is 16.9. The lowest BCUT2D eigenvalue weighted by Gasteiger charge is -2.20. The van der Waals surface area contributed by atoms with E-state index < -0.39 is 4.92 Å². The molecule has 1 rings (SSSR count). The Balaban J connectivity index is 2.71. The molecule has 1 aromatic rings. The molecule has 0 amide bonds. The smallest absolute Gasteiger partial charge is 0.274 e. The first kappa shape index (κ1) is 13.9. The molecular formula is C9H13BrN4O2S. The second kappa shape index (κ2) is 6.55. The molecule has 0 aliphatic carbocycles. The van der Waals surface area contributed by atoms with Gasteiger partial charge in [0.25, 0.3) is 6.20 Å². The van der Waals surface area contributed by atoms with Gasteiger partial charge in [-0.1, -0.05) is 0 Å². The third kappa shape index (κ3) is 4.70. The van der Waals surface area contributed by atoms with Crippen LogP contribution in [0, 0.1) is 10.1 Å². The van der Waals surface area contributed by atoms with Crippen molar-refractivity contribution in [1.29, 1.82) is 0 Å². The molecule has 0 aromatic carbocycles. The zero-order valence-electron chi connectivity index (χ0n) is 9.51. The van der Waals surface area contributed by atoms with E-state index in [1.165, 1.54) is 11.3 Å². The quantitative estimate of drug-likeness (QED) is 0.641. The van der Waals surface area contributed by atoms with Gasteiger partial charge in [-0.3, -0.25) is 10.1 Å². The van der Waals surface area contributed by atoms with Gasteiger partial charge in [0.2, 0.25) is 0 Å². The van der Waals surface area contributed by atoms with E-state index in [0.29, 0.717) is 18.9 Å². The molecule has 94 valence electrons. The highest BCUT2D eigenvalue weighted by Crippen LogP contribution is 2.20. The summed E-state index contributed by atoms with van der Waals surface area (Å²) in [5.74, 6) is 0.488. The van der Waals surface area contributed by atoms with E-state index in [1.54, 1.807) is 18.1 Å². The summed E-state index contributed by atoms with van der Waals surface area (Å²) < 4.78 is 0.809. The number of nitro groups is 1. The Morgan fingerprint density at radius 3 is 3.00 bits per heavy atom. The first-order chi connectivity index (χ1) is 8.02. The lowest BCUT2D eigenvalue weighted by Crippen LogP contribution is -2.28. The van der Waals surface area contributed by atoms with Crippen molar-refractivity contribution in [3.63, 3.8) is 0 Å². The molecule has 0 radical (unpaired) electrons. The minimum absolute atomic E-state index is 0.461. The van der Waals surface area contributed by atoms with Gasteiger partial charge in [-0.05, 0) is 22.9 Å². The highest BCUT2D eigenvalue weighted by molar-refractivity contribution is 9.11. The Morgan fingerprint density at radius 1 is 1.82 bits per heavy atom. The van der Waals surface area contributed by atoms with Crippen molar-refractivity contribution < 1.29 is 4.92 Å². The third-order valence-corrected chi connectivity index (χ3v) is 3.38. The van der Waals surface area contributed by atoms with Crippen molar-refractivity contribution in [3.8, 4) is 0 Å². The molecule has 1 heterocycles. The second-order valence-electron chi connectivity index (χ2n) is 3.27. The minimum atomic E-state index is -0.461. The third-order valence-electron chi connectivity index (χ3n) is 1.92. The highest BCUT2D eigenvalue weighted by atomic mass is 79.9. The Morgan fingerprint density at radius 2 is 2.53 bits per heavy atom. The van der Waals surface area contributed by atoms with Gasteiger partial charge in [-0.2, -0.15) is 0 Å². The number of hydrogen-bond donors (Lipinski definition) is 1. The van der Waals surface area contributed by atoms with E-state index in [9.17, 15) is 10.1 Å². The average molecular weight is 321 g/mol. The number of nitrogens with one attached hydrogen (secondary N) is 1. The molecule has 0 spiro atoms. The van der Waals surface area contributed by atoms with Crippen molar-refractivity contribution in [2.75, 3.05) is 13.6 Å². The van der Waals surface area contributed by atoms with Gasteiger partial charge in [0.05, 0.1) is 11.5 Å². The molecule has 0 unspecified atom stereocenters. The standard InChI is InChI=1S/C9H13BrN4O2S/c1-3-11-8(6-14(15)16)13(2)5-7-4-12-9(10)17-7/h4,6,11H,3,5H2,1-2H3. The molecule has 8 heteroatoms. The van der Waals surface area contributed by atoms with Crippen molar-refractivity contribution >= 4 is 27.3 Å². The fraction of sp³-hybridized carbons (Fsp3) is 0.444. The van der Waals surface area contributed by atoms with E-state index in [0.717, 1.165) is 15.0 Å². The van der Waals surface area contributed by atoms with Crippen LogP contribution in [-0.4, -0.2) is 28.4 Å². The van der Waals surface area contributed by atoms with Crippen LogP contribution in [0.1, 0.15) is 11.8 Å². The van der Waals surface area contributed by atoms with Crippen LogP contribution < -0.4 is 5.32 Å². The molecule has 1 N–H and O–H groups in total. The highest BCUT2D eigenvalue weighted by Gasteiger charge is 2.10. The summed E-state index contributed by atoms with van der Waals surface area (Å²) >= 11 is 4.79. The number of aromatic nitrogens is 1. The number of halogens is 1. The van der Waals surface area contributed by atoms with Gasteiger partial charge in [-0.25, -0.2) is 4.98 Å². The zero-order valence-corrected chi connectivity index (χ0v) is 11.9. The molecule has 0 bridgehead atoms. The van der Waals surface area contributed by atoms with E-state index in [-0.39, 0.29) is 0 Å². The molecule has 1 aromatic heterocycles. The SMILES string of the molecule is CCNC(=C[N+](=O)[O-])N(C)Cc1cnc(Br)s1. The van der Waals surface area contributed by atoms with Gasteiger partial charge in [0, 0.05) is 24.7 Å². The van der Waals surface area contributed by atoms with E-state index in [4.69, 9.17) is 0 Å². The van der Waals surface area contributed by atoms with Crippen molar-refractivity contribution in [3.05, 3.63) is 37.1 Å². The first-order valence-corrected chi connectivity index (χ1v) is 6.54. The van der Waals surface area contributed by atoms with Gasteiger partial charge >= 0.3 is 0 Å². The van der Waals surface area contributed by atoms with Crippen molar-refractivity contribution in [2.24, 2.45) is 0 Å². The van der Waals surface area contributed by atoms with Crippen LogP contribution in [0.3, 0.4) is 0 Å². The maximum absolute atomic E-state index is 10.5. The monoisotopic (exact) mass is 320 g/mol. The summed E-state index contributed by atoms with van der Waals surface area (Å²) in [5, 5.41) is 13.4. The number of rotatable bonds is 6. The van der Waals surface area contributed by atoms with Crippen molar-refractivity contribution in [2.45, 2.75) is 13.5 Å². The van der Waals surface area contributed by atoms with Crippen LogP contribution in [0.5, 0.6) is 0 Å². The van der Waals surface area contributed by atoms with E-state index in [1.807, 2.05) is 6.92 Å². The molecule has 0 atom stereocenters. The average Bonchev–Trinajstić information content (AvgIpc) is 2.62. The normalized spacial score (nSPS) is 11.4. The van der Waals surface area contributed by atoms with E-state index in [2.05, 4.69) is 26.2 Å². The molecule has 0 fully saturated rings. The Hall–Kier alpha value is -1.15. The predicted octanol–water partition coefficient (Wildman–Crippen LogP) is 2.02. The largest absolute Gasteiger partial charge is 0.367 e. The predicted molar refractivity (Wildman–Crippen MR) is 70.0 cm³/mol. The Bertz CT molecular complexity index is 421. The summed E-state index contributed by atoms with van der Waals surface area (Å²) in [6, 6.07) is 0. The van der Waals surface area contributed by atoms with Gasteiger partial charge in [0.1, 0.15) is 0 Å². The van der Waals surface area contributed by atoms with Gasteiger partial charge in [-0.15, -0.1) is 11.3 Å². The number of thiazole rings is 1. The second-order valence-corrected chi connectivity index (χ2v) is 5.66. The first-order valence-electron chi connectivity index (χ1n) is 4.93. The summed E-state index contributed by atoms with van der Waals surface area (Å²) in [6.45, 7) is 3.11. The molecule has 0 aliphatic heterocycles. The summed E-state index contributed by atoms with van der Waals surface area (Å²) in [5.41, 5.74) is 0. The maximum atomic E-state index is 10.5. The van der Waals surface area contributed by atoms with Crippen LogP contribution in [0.4, 0.5) is 0 Å². The van der Waals surface area contributed by atoms with Crippen LogP contribution >= 0.6 is 27.3 Å². The Labute approximate surface area is 112 Å². The van der Waals surface area contributed by atoms with Crippen LogP contribution in [0.25, 0.3) is 0 Å². The zero-order chi connectivity index (χ0) is 12.8. The number of hydrogen-bond acceptors (Lipinski definition) is 6. The minimum Gasteiger partial charge on any atom is -0.367 e. The number of nitrogens with zero attached hydrogens (tertiary/aromatic N) is 3. The van der Waals surface area contributed by atoms with Crippen LogP contribution in [0.2, 0.25) is 0 Å². The molecule has 0 aliphatic rings. The summed E-state index contributed by atoms with van der Waals surface area (Å²) in [7, 11) is 1.80. The van der Waals surface area contributed by atoms with Gasteiger partial charge < -0.3 is 10.2 Å². The molecular weight excluding hydrogens is 308 g/mol. The lowest BCUT2D eigenvalue weighted by molar-refractivity contribution is -0.404. The molecule has 0 saturated heterocycles. The fourth-order valence-corrected chi connectivity index (χ4v) is 2.65. The van der Waals surface area contributed by atoms with Gasteiger partial charge in [0.15, 0.2) is 9.74 Å². The molecule has 6 nitrogen and oxygen atoms in total. The van der Waals surface area contributed by atoms with Crippen LogP contribution in [0.15, 0.2) is 22.1 Å². The van der Waals surface area contributed by atoms with Crippen molar-refractivity contribution in [1.82, 2.24) is 15.2 Å². The topological polar surface area (TPSA) is 71.3 Å². The summed E-state index contributed by atoms with van der Waals surface area (Å²) in [6.07, 6.45) is 2.72. The maximum Gasteiger partial charge on any atom is 0.274 e. The van der Waals surface area contributed by atoms with Crippen LogP contribution in [-0.2, 0) is 6.54 Å². The lowest BCUT2D eigenvalue weighted by atomic mass is 10.4. The van der Waals surface area contributed by atoms with E-state index >= 15 is 0 Å². The Kier molecular flexibility index (Phi) is 5.36.